The van der Waals surface area contributed by atoms with Crippen LogP contribution in [0.5, 0.6) is 0 Å². The van der Waals surface area contributed by atoms with E-state index < -0.39 is 6.29 Å². The first kappa shape index (κ1) is 41.3. The number of benzene rings is 3. The number of hydrogen-bond acceptors (Lipinski definition) is 8. The third kappa shape index (κ3) is 11.4. The molecule has 6 N–H and O–H groups in total. The van der Waals surface area contributed by atoms with Gasteiger partial charge in [-0.2, -0.15) is 0 Å². The number of hydrogen-bond donors (Lipinski definition) is 5. The second kappa shape index (κ2) is 19.2. The van der Waals surface area contributed by atoms with E-state index >= 15 is 0 Å². The highest BCUT2D eigenvalue weighted by Crippen LogP contribution is 2.42. The van der Waals surface area contributed by atoms with E-state index in [4.69, 9.17) is 15.2 Å². The Labute approximate surface area is 332 Å². The van der Waals surface area contributed by atoms with Gasteiger partial charge in [-0.15, -0.1) is 0 Å². The molecule has 6 rings (SSSR count). The zero-order valence-corrected chi connectivity index (χ0v) is 33.3. The lowest BCUT2D eigenvalue weighted by Gasteiger charge is -2.50. The highest BCUT2D eigenvalue weighted by molar-refractivity contribution is 5.93. The number of fused-ring (bicyclic) bond motifs is 1. The summed E-state index contributed by atoms with van der Waals surface area (Å²) in [5.41, 5.74) is 10.4. The third-order valence-electron chi connectivity index (χ3n) is 11.4. The normalized spacial score (nSPS) is 24.1. The van der Waals surface area contributed by atoms with Gasteiger partial charge in [0.25, 0.3) is 0 Å². The van der Waals surface area contributed by atoms with Crippen LogP contribution >= 0.6 is 0 Å². The molecule has 2 saturated heterocycles. The molecule has 1 saturated carbocycles. The Morgan fingerprint density at radius 1 is 0.821 bits per heavy atom. The number of nitrogens with zero attached hydrogens (tertiary/aromatic N) is 1. The van der Waals surface area contributed by atoms with E-state index in [1.54, 1.807) is 12.1 Å². The Morgan fingerprint density at radius 2 is 1.50 bits per heavy atom. The van der Waals surface area contributed by atoms with Crippen LogP contribution in [0.3, 0.4) is 0 Å². The van der Waals surface area contributed by atoms with Crippen LogP contribution in [0.25, 0.3) is 0 Å². The Morgan fingerprint density at radius 3 is 2.21 bits per heavy atom. The van der Waals surface area contributed by atoms with E-state index in [0.29, 0.717) is 68.5 Å². The van der Waals surface area contributed by atoms with E-state index in [2.05, 4.69) is 20.9 Å². The standard InChI is InChI=1S/C45H61N5O6/c1-45(2,3)49-43(54)39-25-24-32-10-4-7-13-38(32)50(39)28-35-26-40(33-20-18-31(29-51)19-21-33)56-44(55-35)34-22-16-30(17-23-34)27-47-41(52)14-8-9-15-42(53)48-37-12-6-5-11-36(37)46/h5-6,11-12,16-23,32,35,38-40,44,51H,4,7-10,13-15,24-29,46H2,1-3H3,(H,47,52)(H,48,53)(H,49,54)/t32-,35+,38-,39-,40-,44-/m1/s1. The molecule has 1 aliphatic carbocycles. The summed E-state index contributed by atoms with van der Waals surface area (Å²) in [7, 11) is 0. The zero-order valence-electron chi connectivity index (χ0n) is 33.3. The molecule has 2 aliphatic heterocycles. The lowest BCUT2D eigenvalue weighted by atomic mass is 9.75. The summed E-state index contributed by atoms with van der Waals surface area (Å²) in [6.07, 6.45) is 8.13. The van der Waals surface area contributed by atoms with E-state index in [0.717, 1.165) is 41.5 Å². The van der Waals surface area contributed by atoms with Gasteiger partial charge in [0.15, 0.2) is 6.29 Å². The summed E-state index contributed by atoms with van der Waals surface area (Å²) < 4.78 is 13.4. The van der Waals surface area contributed by atoms with E-state index in [1.807, 2.05) is 81.4 Å². The van der Waals surface area contributed by atoms with Crippen LogP contribution in [-0.4, -0.2) is 58.0 Å². The Hall–Kier alpha value is -4.29. The zero-order chi connectivity index (χ0) is 39.7. The number of ether oxygens (including phenoxy) is 2. The topological polar surface area (TPSA) is 155 Å². The van der Waals surface area contributed by atoms with Crippen LogP contribution < -0.4 is 21.7 Å². The van der Waals surface area contributed by atoms with Crippen molar-refractivity contribution in [1.82, 2.24) is 15.5 Å². The first-order valence-corrected chi connectivity index (χ1v) is 20.5. The van der Waals surface area contributed by atoms with Gasteiger partial charge < -0.3 is 36.3 Å². The second-order valence-electron chi connectivity index (χ2n) is 16.9. The second-order valence-corrected chi connectivity index (χ2v) is 16.9. The van der Waals surface area contributed by atoms with Gasteiger partial charge in [0.05, 0.1) is 36.2 Å². The molecule has 3 fully saturated rings. The first-order chi connectivity index (χ1) is 27.0. The molecule has 3 aromatic carbocycles. The molecule has 56 heavy (non-hydrogen) atoms. The quantitative estimate of drug-likeness (QED) is 0.0863. The minimum atomic E-state index is -0.621. The van der Waals surface area contributed by atoms with E-state index in [1.165, 1.54) is 19.3 Å². The Kier molecular flexibility index (Phi) is 14.2. The van der Waals surface area contributed by atoms with Gasteiger partial charge in [-0.25, -0.2) is 0 Å². The smallest absolute Gasteiger partial charge is 0.237 e. The number of nitrogens with two attached hydrogens (primary N) is 1. The fourth-order valence-electron chi connectivity index (χ4n) is 8.47. The maximum atomic E-state index is 13.8. The van der Waals surface area contributed by atoms with Gasteiger partial charge in [0.2, 0.25) is 17.7 Å². The largest absolute Gasteiger partial charge is 0.397 e. The average Bonchev–Trinajstić information content (AvgIpc) is 3.19. The highest BCUT2D eigenvalue weighted by atomic mass is 16.7. The fraction of sp³-hybridized carbons (Fsp3) is 0.533. The summed E-state index contributed by atoms with van der Waals surface area (Å²) in [5, 5.41) is 18.8. The average molecular weight is 768 g/mol. The number of para-hydroxylation sites is 2. The van der Waals surface area contributed by atoms with Crippen LogP contribution in [0.15, 0.2) is 72.8 Å². The van der Waals surface area contributed by atoms with Gasteiger partial charge in [-0.1, -0.05) is 73.5 Å². The van der Waals surface area contributed by atoms with Crippen LogP contribution in [0.4, 0.5) is 11.4 Å². The van der Waals surface area contributed by atoms with Crippen molar-refractivity contribution in [2.24, 2.45) is 5.92 Å². The SMILES string of the molecule is CC(C)(C)NC(=O)[C@H]1CC[C@H]2CCCC[C@H]2N1C[C@@H]1C[C@H](c2ccc(CO)cc2)O[C@H](c2ccc(CNC(=O)CCCCC(=O)Nc3ccccc3N)cc2)O1. The van der Waals surface area contributed by atoms with Crippen molar-refractivity contribution in [2.45, 2.75) is 141 Å². The van der Waals surface area contributed by atoms with Gasteiger partial charge in [-0.3, -0.25) is 19.3 Å². The van der Waals surface area contributed by atoms with Crippen molar-refractivity contribution in [1.29, 1.82) is 0 Å². The lowest BCUT2D eigenvalue weighted by Crippen LogP contribution is -2.61. The van der Waals surface area contributed by atoms with Crippen molar-refractivity contribution in [3.63, 3.8) is 0 Å². The molecule has 302 valence electrons. The molecule has 0 unspecified atom stereocenters. The summed E-state index contributed by atoms with van der Waals surface area (Å²) in [5.74, 6) is 0.510. The number of unbranched alkanes of at least 4 members (excludes halogenated alkanes) is 1. The molecule has 6 atom stereocenters. The maximum absolute atomic E-state index is 13.8. The molecular weight excluding hydrogens is 707 g/mol. The fourth-order valence-corrected chi connectivity index (χ4v) is 8.47. The van der Waals surface area contributed by atoms with Crippen LogP contribution in [0.2, 0.25) is 0 Å². The van der Waals surface area contributed by atoms with Crippen molar-refractivity contribution in [3.05, 3.63) is 95.1 Å². The lowest BCUT2D eigenvalue weighted by molar-refractivity contribution is -0.255. The number of anilines is 2. The number of carbonyl (C=O) groups is 3. The minimum Gasteiger partial charge on any atom is -0.397 e. The number of rotatable bonds is 14. The predicted molar refractivity (Wildman–Crippen MR) is 218 cm³/mol. The van der Waals surface area contributed by atoms with Gasteiger partial charge in [-0.05, 0) is 94.0 Å². The molecule has 0 radical (unpaired) electrons. The van der Waals surface area contributed by atoms with Gasteiger partial charge >= 0.3 is 0 Å². The van der Waals surface area contributed by atoms with Crippen molar-refractivity contribution < 1.29 is 29.0 Å². The van der Waals surface area contributed by atoms with Gasteiger partial charge in [0, 0.05) is 49.5 Å². The van der Waals surface area contributed by atoms with Crippen molar-refractivity contribution in [3.8, 4) is 0 Å². The minimum absolute atomic E-state index is 0.0212. The number of likely N-dealkylation sites (tertiary alicyclic amines) is 1. The molecule has 11 heteroatoms. The summed E-state index contributed by atoms with van der Waals surface area (Å²) in [6.45, 7) is 7.12. The van der Waals surface area contributed by atoms with Gasteiger partial charge in [0.1, 0.15) is 0 Å². The summed E-state index contributed by atoms with van der Waals surface area (Å²) in [6, 6.07) is 23.2. The molecule has 11 nitrogen and oxygen atoms in total. The number of carbonyl (C=O) groups excluding carboxylic acids is 3. The van der Waals surface area contributed by atoms with Crippen LogP contribution in [0.1, 0.15) is 126 Å². The molecule has 2 heterocycles. The summed E-state index contributed by atoms with van der Waals surface area (Å²) >= 11 is 0. The number of aliphatic hydroxyl groups is 1. The van der Waals surface area contributed by atoms with Crippen molar-refractivity contribution >= 4 is 29.1 Å². The molecule has 3 aromatic rings. The Balaban J connectivity index is 1.08. The summed E-state index contributed by atoms with van der Waals surface area (Å²) in [4.78, 5) is 41.2. The maximum Gasteiger partial charge on any atom is 0.237 e. The van der Waals surface area contributed by atoms with E-state index in [9.17, 15) is 19.5 Å². The number of aliphatic hydroxyl groups excluding tert-OH is 1. The highest BCUT2D eigenvalue weighted by Gasteiger charge is 2.44. The molecule has 3 amide bonds. The first-order valence-electron chi connectivity index (χ1n) is 20.5. The predicted octanol–water partition coefficient (Wildman–Crippen LogP) is 7.06. The van der Waals surface area contributed by atoms with E-state index in [-0.39, 0.29) is 48.1 Å². The van der Waals surface area contributed by atoms with Crippen LogP contribution in [-0.2, 0) is 37.0 Å². The molecular formula is C45H61N5O6. The van der Waals surface area contributed by atoms with Crippen LogP contribution in [0, 0.1) is 5.92 Å². The Bertz CT molecular complexity index is 1760. The molecule has 0 aromatic heterocycles. The number of amides is 3. The number of piperidine rings is 1. The number of nitrogen functional groups attached to an aromatic ring is 1. The number of nitrogens with one attached hydrogen (secondary N) is 3. The molecule has 0 bridgehead atoms. The molecule has 0 spiro atoms. The van der Waals surface area contributed by atoms with Crippen molar-refractivity contribution in [2.75, 3.05) is 17.6 Å². The third-order valence-corrected chi connectivity index (χ3v) is 11.4. The molecule has 3 aliphatic rings. The monoisotopic (exact) mass is 767 g/mol.